The van der Waals surface area contributed by atoms with Gasteiger partial charge in [-0.2, -0.15) is 0 Å². The van der Waals surface area contributed by atoms with Crippen LogP contribution in [0, 0.1) is 0 Å². The van der Waals surface area contributed by atoms with Gasteiger partial charge in [0.15, 0.2) is 0 Å². The van der Waals surface area contributed by atoms with E-state index in [4.69, 9.17) is 4.74 Å². The molecule has 1 amide bonds. The summed E-state index contributed by atoms with van der Waals surface area (Å²) in [6.07, 6.45) is 3.83. The summed E-state index contributed by atoms with van der Waals surface area (Å²) in [6.45, 7) is 2.77. The number of ether oxygens (including phenoxy) is 1. The van der Waals surface area contributed by atoms with Crippen molar-refractivity contribution in [2.45, 2.75) is 13.3 Å². The van der Waals surface area contributed by atoms with Crippen molar-refractivity contribution in [2.24, 2.45) is 0 Å². The zero-order valence-electron chi connectivity index (χ0n) is 11.4. The molecule has 0 saturated carbocycles. The monoisotopic (exact) mass is 292 g/mol. The molecule has 0 fully saturated rings. The third-order valence-electron chi connectivity index (χ3n) is 2.70. The predicted molar refractivity (Wildman–Crippen MR) is 77.7 cm³/mol. The topological polar surface area (TPSA) is 68.2 Å². The third kappa shape index (κ3) is 3.37. The molecule has 0 aromatic carbocycles. The lowest BCUT2D eigenvalue weighted by atomic mass is 10.3. The van der Waals surface area contributed by atoms with Crippen molar-refractivity contribution in [1.82, 2.24) is 15.2 Å². The Hall–Kier alpha value is -1.86. The lowest BCUT2D eigenvalue weighted by Gasteiger charge is -2.17. The summed E-state index contributed by atoms with van der Waals surface area (Å²) >= 11 is 1.39. The fourth-order valence-electron chi connectivity index (χ4n) is 1.64. The molecule has 0 atom stereocenters. The summed E-state index contributed by atoms with van der Waals surface area (Å²) in [7, 11) is 1.61. The Morgan fingerprint density at radius 1 is 1.35 bits per heavy atom. The van der Waals surface area contributed by atoms with Crippen molar-refractivity contribution in [1.29, 1.82) is 0 Å². The number of carbonyl (C=O) groups excluding carboxylic acids is 1. The highest BCUT2D eigenvalue weighted by Crippen LogP contribution is 2.28. The predicted octanol–water partition coefficient (Wildman–Crippen LogP) is 1.99. The van der Waals surface area contributed by atoms with E-state index in [1.807, 2.05) is 19.1 Å². The summed E-state index contributed by atoms with van der Waals surface area (Å²) in [5.41, 5.74) is 0.944. The summed E-state index contributed by atoms with van der Waals surface area (Å²) in [5, 5.41) is 9.62. The van der Waals surface area contributed by atoms with E-state index >= 15 is 0 Å². The summed E-state index contributed by atoms with van der Waals surface area (Å²) in [6, 6.07) is 3.73. The maximum Gasteiger partial charge on any atom is 0.228 e. The lowest BCUT2D eigenvalue weighted by molar-refractivity contribution is -0.118. The number of anilines is 1. The SMILES string of the molecule is CCC(=O)N(CCOC)c1nnc(-c2ccncc2)s1. The zero-order valence-corrected chi connectivity index (χ0v) is 12.3. The highest BCUT2D eigenvalue weighted by Gasteiger charge is 2.18. The molecule has 6 nitrogen and oxygen atoms in total. The van der Waals surface area contributed by atoms with E-state index in [0.717, 1.165) is 10.6 Å². The van der Waals surface area contributed by atoms with Gasteiger partial charge in [-0.3, -0.25) is 14.7 Å². The van der Waals surface area contributed by atoms with Gasteiger partial charge in [0.25, 0.3) is 0 Å². The Labute approximate surface area is 121 Å². The molecule has 2 rings (SSSR count). The van der Waals surface area contributed by atoms with Gasteiger partial charge < -0.3 is 4.74 Å². The van der Waals surface area contributed by atoms with Gasteiger partial charge in [0, 0.05) is 31.5 Å². The van der Waals surface area contributed by atoms with Gasteiger partial charge >= 0.3 is 0 Å². The average molecular weight is 292 g/mol. The van der Waals surface area contributed by atoms with Crippen LogP contribution in [0.25, 0.3) is 10.6 Å². The van der Waals surface area contributed by atoms with Crippen molar-refractivity contribution in [3.63, 3.8) is 0 Å². The highest BCUT2D eigenvalue weighted by molar-refractivity contribution is 7.18. The summed E-state index contributed by atoms with van der Waals surface area (Å²) < 4.78 is 5.03. The number of methoxy groups -OCH3 is 1. The Morgan fingerprint density at radius 3 is 2.75 bits per heavy atom. The van der Waals surface area contributed by atoms with Gasteiger partial charge in [0.1, 0.15) is 5.01 Å². The number of nitrogens with zero attached hydrogens (tertiary/aromatic N) is 4. The van der Waals surface area contributed by atoms with Crippen LogP contribution in [0.15, 0.2) is 24.5 Å². The first-order valence-corrected chi connectivity index (χ1v) is 7.11. The van der Waals surface area contributed by atoms with Crippen molar-refractivity contribution in [2.75, 3.05) is 25.2 Å². The quantitative estimate of drug-likeness (QED) is 0.814. The minimum Gasteiger partial charge on any atom is -0.383 e. The molecule has 0 bridgehead atoms. The van der Waals surface area contributed by atoms with E-state index in [0.29, 0.717) is 24.7 Å². The van der Waals surface area contributed by atoms with Crippen molar-refractivity contribution in [3.05, 3.63) is 24.5 Å². The second-order valence-corrected chi connectivity index (χ2v) is 4.97. The van der Waals surface area contributed by atoms with Crippen LogP contribution in [0.2, 0.25) is 0 Å². The minimum atomic E-state index is 0.0134. The van der Waals surface area contributed by atoms with E-state index in [9.17, 15) is 4.79 Å². The van der Waals surface area contributed by atoms with E-state index in [1.54, 1.807) is 24.4 Å². The van der Waals surface area contributed by atoms with E-state index < -0.39 is 0 Å². The van der Waals surface area contributed by atoms with Gasteiger partial charge in [-0.15, -0.1) is 10.2 Å². The van der Waals surface area contributed by atoms with Crippen LogP contribution in [-0.2, 0) is 9.53 Å². The molecule has 0 aliphatic rings. The maximum atomic E-state index is 12.0. The van der Waals surface area contributed by atoms with Crippen LogP contribution in [0.4, 0.5) is 5.13 Å². The molecule has 2 aromatic rings. The Bertz CT molecular complexity index is 559. The number of amides is 1. The first kappa shape index (κ1) is 14.5. The number of pyridine rings is 1. The third-order valence-corrected chi connectivity index (χ3v) is 3.69. The molecule has 0 radical (unpaired) electrons. The standard InChI is InChI=1S/C13H16N4O2S/c1-3-11(18)17(8-9-19-2)13-16-15-12(20-13)10-4-6-14-7-5-10/h4-7H,3,8-9H2,1-2H3. The lowest BCUT2D eigenvalue weighted by Crippen LogP contribution is -2.33. The Balaban J connectivity index is 2.22. The molecule has 0 spiro atoms. The number of hydrogen-bond acceptors (Lipinski definition) is 6. The second kappa shape index (κ2) is 7.06. The second-order valence-electron chi connectivity index (χ2n) is 4.02. The van der Waals surface area contributed by atoms with Crippen molar-refractivity contribution in [3.8, 4) is 10.6 Å². The molecule has 106 valence electrons. The van der Waals surface area contributed by atoms with Crippen LogP contribution in [0.5, 0.6) is 0 Å². The fourth-order valence-corrected chi connectivity index (χ4v) is 2.53. The van der Waals surface area contributed by atoms with Gasteiger partial charge in [-0.25, -0.2) is 0 Å². The van der Waals surface area contributed by atoms with Crippen molar-refractivity contribution < 1.29 is 9.53 Å². The van der Waals surface area contributed by atoms with Crippen LogP contribution in [0.3, 0.4) is 0 Å². The van der Waals surface area contributed by atoms with Crippen LogP contribution in [-0.4, -0.2) is 41.3 Å². The number of rotatable bonds is 6. The maximum absolute atomic E-state index is 12.0. The molecule has 0 aliphatic carbocycles. The van der Waals surface area contributed by atoms with Crippen LogP contribution >= 0.6 is 11.3 Å². The zero-order chi connectivity index (χ0) is 14.4. The molecule has 0 N–H and O–H groups in total. The molecular weight excluding hydrogens is 276 g/mol. The minimum absolute atomic E-state index is 0.0134. The molecule has 20 heavy (non-hydrogen) atoms. The Morgan fingerprint density at radius 2 is 2.10 bits per heavy atom. The molecule has 0 unspecified atom stereocenters. The first-order chi connectivity index (χ1) is 9.76. The summed E-state index contributed by atoms with van der Waals surface area (Å²) in [4.78, 5) is 17.6. The first-order valence-electron chi connectivity index (χ1n) is 6.29. The van der Waals surface area contributed by atoms with Crippen LogP contribution in [0.1, 0.15) is 13.3 Å². The van der Waals surface area contributed by atoms with E-state index in [2.05, 4.69) is 15.2 Å². The van der Waals surface area contributed by atoms with E-state index in [1.165, 1.54) is 11.3 Å². The van der Waals surface area contributed by atoms with Gasteiger partial charge in [-0.1, -0.05) is 18.3 Å². The van der Waals surface area contributed by atoms with E-state index in [-0.39, 0.29) is 5.91 Å². The summed E-state index contributed by atoms with van der Waals surface area (Å²) in [5.74, 6) is 0.0134. The molecule has 2 aromatic heterocycles. The van der Waals surface area contributed by atoms with Gasteiger partial charge in [0.05, 0.1) is 13.2 Å². The normalized spacial score (nSPS) is 10.5. The fraction of sp³-hybridized carbons (Fsp3) is 0.385. The molecular formula is C13H16N4O2S. The molecule has 2 heterocycles. The van der Waals surface area contributed by atoms with Crippen LogP contribution < -0.4 is 4.90 Å². The highest BCUT2D eigenvalue weighted by atomic mass is 32.1. The Kier molecular flexibility index (Phi) is 5.14. The molecule has 0 saturated heterocycles. The average Bonchev–Trinajstić information content (AvgIpc) is 2.98. The number of hydrogen-bond donors (Lipinski definition) is 0. The van der Waals surface area contributed by atoms with Gasteiger partial charge in [0.2, 0.25) is 11.0 Å². The largest absolute Gasteiger partial charge is 0.383 e. The molecule has 7 heteroatoms. The van der Waals surface area contributed by atoms with Gasteiger partial charge in [-0.05, 0) is 12.1 Å². The number of carbonyl (C=O) groups is 1. The molecule has 0 aliphatic heterocycles. The number of aromatic nitrogens is 3. The smallest absolute Gasteiger partial charge is 0.228 e. The van der Waals surface area contributed by atoms with Crippen molar-refractivity contribution >= 4 is 22.4 Å².